The van der Waals surface area contributed by atoms with Crippen molar-refractivity contribution in [1.82, 2.24) is 15.2 Å². The summed E-state index contributed by atoms with van der Waals surface area (Å²) in [6.45, 7) is -1.29. The average molecular weight is 457 g/mol. The molecule has 0 bridgehead atoms. The lowest BCUT2D eigenvalue weighted by Gasteiger charge is -2.19. The van der Waals surface area contributed by atoms with Crippen LogP contribution in [-0.2, 0) is 10.5 Å². The van der Waals surface area contributed by atoms with E-state index >= 15 is 0 Å². The molecule has 1 aromatic heterocycles. The number of alkyl halides is 2. The zero-order valence-corrected chi connectivity index (χ0v) is 17.3. The molecule has 11 heteroatoms. The van der Waals surface area contributed by atoms with Gasteiger partial charge in [0.05, 0.1) is 24.9 Å². The molecule has 152 valence electrons. The van der Waals surface area contributed by atoms with Crippen LogP contribution in [0, 0.1) is 11.3 Å². The van der Waals surface area contributed by atoms with Crippen molar-refractivity contribution in [1.29, 1.82) is 5.26 Å². The quantitative estimate of drug-likeness (QED) is 0.671. The molecule has 1 fully saturated rings. The highest BCUT2D eigenvalue weighted by Crippen LogP contribution is 2.31. The summed E-state index contributed by atoms with van der Waals surface area (Å²) in [4.78, 5) is 30.4. The van der Waals surface area contributed by atoms with E-state index < -0.39 is 43.3 Å². The molecular formula is C18H15ClF2N4O2S2. The van der Waals surface area contributed by atoms with Crippen LogP contribution < -0.4 is 5.32 Å². The molecule has 3 rings (SSSR count). The first-order valence-electron chi connectivity index (χ1n) is 8.45. The van der Waals surface area contributed by atoms with Gasteiger partial charge < -0.3 is 10.2 Å². The number of benzene rings is 1. The van der Waals surface area contributed by atoms with E-state index in [2.05, 4.69) is 10.3 Å². The van der Waals surface area contributed by atoms with Gasteiger partial charge in [0, 0.05) is 21.7 Å². The zero-order valence-electron chi connectivity index (χ0n) is 14.9. The van der Waals surface area contributed by atoms with E-state index in [9.17, 15) is 18.4 Å². The Labute approximate surface area is 178 Å². The van der Waals surface area contributed by atoms with Gasteiger partial charge >= 0.3 is 0 Å². The Hall–Kier alpha value is -2.22. The van der Waals surface area contributed by atoms with Gasteiger partial charge in [-0.1, -0.05) is 11.6 Å². The second kappa shape index (κ2) is 9.07. The molecule has 1 atom stereocenters. The summed E-state index contributed by atoms with van der Waals surface area (Å²) in [5.74, 6) is -3.83. The van der Waals surface area contributed by atoms with E-state index in [-0.39, 0.29) is 5.69 Å². The van der Waals surface area contributed by atoms with Crippen LogP contribution >= 0.6 is 34.7 Å². The molecule has 1 N–H and O–H groups in total. The molecule has 0 saturated carbocycles. The second-order valence-corrected chi connectivity index (χ2v) is 8.71. The molecule has 2 aromatic rings. The second-order valence-electron chi connectivity index (χ2n) is 6.28. The molecule has 0 radical (unpaired) electrons. The molecule has 29 heavy (non-hydrogen) atoms. The molecule has 0 aliphatic carbocycles. The number of thioether (sulfide) groups is 1. The zero-order chi connectivity index (χ0) is 21.0. The fourth-order valence-electron chi connectivity index (χ4n) is 2.70. The van der Waals surface area contributed by atoms with Gasteiger partial charge in [-0.15, -0.1) is 23.1 Å². The third kappa shape index (κ3) is 5.65. The van der Waals surface area contributed by atoms with Crippen LogP contribution in [0.4, 0.5) is 8.78 Å². The number of carbonyl (C=O) groups excluding carboxylic acids is 2. The third-order valence-corrected chi connectivity index (χ3v) is 6.41. The Morgan fingerprint density at radius 1 is 1.41 bits per heavy atom. The standard InChI is InChI=1S/C18H15ClF2N4O2S2/c19-11-1-3-13(4-2-11)28-9-15-24-14(8-29-15)17(27)23-7-16(26)25-10-18(20,21)5-12(25)6-22/h1-4,8,12H,5,7,9-10H2,(H,23,27)/t12-/m0/s1. The smallest absolute Gasteiger partial charge is 0.271 e. The Bertz CT molecular complexity index is 946. The van der Waals surface area contributed by atoms with Gasteiger partial charge in [-0.05, 0) is 24.3 Å². The average Bonchev–Trinajstić information content (AvgIpc) is 3.29. The number of likely N-dealkylation sites (tertiary alicyclic amines) is 1. The summed E-state index contributed by atoms with van der Waals surface area (Å²) in [5, 5.41) is 14.3. The van der Waals surface area contributed by atoms with Gasteiger partial charge in [-0.3, -0.25) is 9.59 Å². The maximum Gasteiger partial charge on any atom is 0.271 e. The molecule has 1 aliphatic rings. The summed E-state index contributed by atoms with van der Waals surface area (Å²) in [5.41, 5.74) is 0.151. The summed E-state index contributed by atoms with van der Waals surface area (Å²) < 4.78 is 26.8. The normalized spacial score (nSPS) is 17.7. The maximum absolute atomic E-state index is 13.4. The minimum absolute atomic E-state index is 0.151. The van der Waals surface area contributed by atoms with E-state index in [1.54, 1.807) is 23.6 Å². The van der Waals surface area contributed by atoms with E-state index in [4.69, 9.17) is 16.9 Å². The molecule has 1 aromatic carbocycles. The van der Waals surface area contributed by atoms with Crippen molar-refractivity contribution in [2.24, 2.45) is 0 Å². The Kier molecular flexibility index (Phi) is 6.72. The Morgan fingerprint density at radius 3 is 2.83 bits per heavy atom. The SMILES string of the molecule is N#C[C@@H]1CC(F)(F)CN1C(=O)CNC(=O)c1csc(CSc2ccc(Cl)cc2)n1. The number of amides is 2. The molecule has 1 aliphatic heterocycles. The van der Waals surface area contributed by atoms with E-state index in [0.29, 0.717) is 10.8 Å². The van der Waals surface area contributed by atoms with E-state index in [1.807, 2.05) is 12.1 Å². The van der Waals surface area contributed by atoms with Crippen molar-refractivity contribution in [3.63, 3.8) is 0 Å². The largest absolute Gasteiger partial charge is 0.342 e. The summed E-state index contributed by atoms with van der Waals surface area (Å²) in [6, 6.07) is 7.85. The van der Waals surface area contributed by atoms with Gasteiger partial charge in [-0.2, -0.15) is 5.26 Å². The fourth-order valence-corrected chi connectivity index (χ4v) is 4.52. The van der Waals surface area contributed by atoms with Crippen LogP contribution in [0.5, 0.6) is 0 Å². The molecule has 6 nitrogen and oxygen atoms in total. The van der Waals surface area contributed by atoms with E-state index in [1.165, 1.54) is 23.1 Å². The van der Waals surface area contributed by atoms with Gasteiger partial charge in [-0.25, -0.2) is 13.8 Å². The first-order chi connectivity index (χ1) is 13.8. The molecule has 2 heterocycles. The fraction of sp³-hybridized carbons (Fsp3) is 0.333. The highest BCUT2D eigenvalue weighted by molar-refractivity contribution is 7.98. The minimum atomic E-state index is -3.09. The predicted octanol–water partition coefficient (Wildman–Crippen LogP) is 3.58. The number of thiazole rings is 1. The number of nitriles is 1. The number of nitrogens with one attached hydrogen (secondary N) is 1. The number of halogens is 3. The van der Waals surface area contributed by atoms with Crippen LogP contribution in [0.15, 0.2) is 34.5 Å². The van der Waals surface area contributed by atoms with Crippen molar-refractivity contribution in [3.05, 3.63) is 45.4 Å². The monoisotopic (exact) mass is 456 g/mol. The molecule has 0 unspecified atom stereocenters. The Morgan fingerprint density at radius 2 is 2.14 bits per heavy atom. The van der Waals surface area contributed by atoms with Crippen molar-refractivity contribution < 1.29 is 18.4 Å². The summed E-state index contributed by atoms with van der Waals surface area (Å²) in [6.07, 6.45) is -0.691. The molecule has 2 amide bonds. The van der Waals surface area contributed by atoms with Crippen LogP contribution in [0.25, 0.3) is 0 Å². The first kappa shape index (κ1) is 21.5. The van der Waals surface area contributed by atoms with Gasteiger partial charge in [0.1, 0.15) is 16.7 Å². The number of carbonyl (C=O) groups is 2. The van der Waals surface area contributed by atoms with Crippen LogP contribution in [0.1, 0.15) is 21.9 Å². The predicted molar refractivity (Wildman–Crippen MR) is 106 cm³/mol. The molecule has 1 saturated heterocycles. The lowest BCUT2D eigenvalue weighted by molar-refractivity contribution is -0.131. The van der Waals surface area contributed by atoms with Crippen LogP contribution in [0.2, 0.25) is 5.02 Å². The topological polar surface area (TPSA) is 86.1 Å². The van der Waals surface area contributed by atoms with Crippen LogP contribution in [0.3, 0.4) is 0 Å². The number of nitrogens with zero attached hydrogens (tertiary/aromatic N) is 3. The maximum atomic E-state index is 13.4. The molecular weight excluding hydrogens is 442 g/mol. The Balaban J connectivity index is 1.50. The van der Waals surface area contributed by atoms with Crippen LogP contribution in [-0.4, -0.2) is 46.8 Å². The summed E-state index contributed by atoms with van der Waals surface area (Å²) >= 11 is 8.69. The van der Waals surface area contributed by atoms with Gasteiger partial charge in [0.25, 0.3) is 11.8 Å². The van der Waals surface area contributed by atoms with Gasteiger partial charge in [0.15, 0.2) is 0 Å². The number of rotatable bonds is 6. The van der Waals surface area contributed by atoms with E-state index in [0.717, 1.165) is 14.8 Å². The molecule has 0 spiro atoms. The van der Waals surface area contributed by atoms with Crippen molar-refractivity contribution in [3.8, 4) is 6.07 Å². The first-order valence-corrected chi connectivity index (χ1v) is 10.7. The van der Waals surface area contributed by atoms with Gasteiger partial charge in [0.2, 0.25) is 5.91 Å². The lowest BCUT2D eigenvalue weighted by atomic mass is 10.2. The third-order valence-electron chi connectivity index (χ3n) is 4.10. The lowest BCUT2D eigenvalue weighted by Crippen LogP contribution is -2.43. The number of aromatic nitrogens is 1. The minimum Gasteiger partial charge on any atom is -0.342 e. The van der Waals surface area contributed by atoms with Crippen molar-refractivity contribution >= 4 is 46.5 Å². The summed E-state index contributed by atoms with van der Waals surface area (Å²) in [7, 11) is 0. The van der Waals surface area contributed by atoms with Crippen molar-refractivity contribution in [2.45, 2.75) is 29.0 Å². The highest BCUT2D eigenvalue weighted by atomic mass is 35.5. The van der Waals surface area contributed by atoms with Crippen molar-refractivity contribution in [2.75, 3.05) is 13.1 Å². The highest BCUT2D eigenvalue weighted by Gasteiger charge is 2.47. The number of hydrogen-bond acceptors (Lipinski definition) is 6. The number of hydrogen-bond donors (Lipinski definition) is 1.